The summed E-state index contributed by atoms with van der Waals surface area (Å²) in [5.74, 6) is -2.07. The van der Waals surface area contributed by atoms with Gasteiger partial charge in [0.25, 0.3) is 6.43 Å². The number of carbonyl (C=O) groups excluding carboxylic acids is 1. The second-order valence-corrected chi connectivity index (χ2v) is 14.4. The van der Waals surface area contributed by atoms with Crippen molar-refractivity contribution in [2.45, 2.75) is 58.3 Å². The maximum atomic E-state index is 16.2. The van der Waals surface area contributed by atoms with Crippen LogP contribution in [0.4, 0.5) is 17.6 Å². The topological polar surface area (TPSA) is 96.6 Å². The molecule has 0 saturated heterocycles. The van der Waals surface area contributed by atoms with Gasteiger partial charge in [0, 0.05) is 71.3 Å². The van der Waals surface area contributed by atoms with Crippen molar-refractivity contribution in [3.05, 3.63) is 83.1 Å². The van der Waals surface area contributed by atoms with Crippen LogP contribution in [-0.4, -0.2) is 78.8 Å². The van der Waals surface area contributed by atoms with E-state index in [2.05, 4.69) is 6.58 Å². The van der Waals surface area contributed by atoms with E-state index in [1.807, 2.05) is 30.5 Å². The van der Waals surface area contributed by atoms with Crippen LogP contribution in [0.15, 0.2) is 54.6 Å². The van der Waals surface area contributed by atoms with Gasteiger partial charge >= 0.3 is 0 Å². The number of nitrogens with zero attached hydrogens (tertiary/aromatic N) is 6. The molecule has 1 N–H and O–H groups in total. The number of amides is 1. The highest BCUT2D eigenvalue weighted by atomic mass is 32.1. The molecule has 0 fully saturated rings. The molecule has 14 heteroatoms. The van der Waals surface area contributed by atoms with Crippen molar-refractivity contribution in [2.75, 3.05) is 26.2 Å². The van der Waals surface area contributed by atoms with Gasteiger partial charge in [-0.05, 0) is 56.0 Å². The number of aromatic nitrogens is 4. The number of pyridine rings is 2. The monoisotopic (exact) mass is 720 g/mol. The molecular weight excluding hydrogens is 685 g/mol. The van der Waals surface area contributed by atoms with Crippen molar-refractivity contribution < 1.29 is 32.2 Å². The molecule has 2 aliphatic rings. The molecule has 1 atom stereocenters. The van der Waals surface area contributed by atoms with E-state index >= 15 is 4.39 Å². The Morgan fingerprint density at radius 2 is 1.96 bits per heavy atom. The maximum absolute atomic E-state index is 16.2. The van der Waals surface area contributed by atoms with E-state index in [-0.39, 0.29) is 42.1 Å². The molecule has 2 aliphatic heterocycles. The number of alkyl halides is 2. The molecule has 4 aromatic heterocycles. The van der Waals surface area contributed by atoms with Crippen LogP contribution in [0, 0.1) is 11.6 Å². The summed E-state index contributed by atoms with van der Waals surface area (Å²) in [5.41, 5.74) is 3.20. The summed E-state index contributed by atoms with van der Waals surface area (Å²) in [6, 6.07) is 7.09. The van der Waals surface area contributed by atoms with Crippen LogP contribution in [0.25, 0.3) is 43.9 Å². The molecule has 5 aromatic rings. The number of rotatable bonds is 9. The minimum Gasteiger partial charge on any atom is -0.490 e. The summed E-state index contributed by atoms with van der Waals surface area (Å²) in [5, 5.41) is 17.8. The Morgan fingerprint density at radius 1 is 1.16 bits per heavy atom. The van der Waals surface area contributed by atoms with Gasteiger partial charge < -0.3 is 14.7 Å². The average molecular weight is 721 g/mol. The number of hydrogen-bond acceptors (Lipinski definition) is 8. The fourth-order valence-electron chi connectivity index (χ4n) is 6.82. The first kappa shape index (κ1) is 34.8. The summed E-state index contributed by atoms with van der Waals surface area (Å²) < 4.78 is 65.8. The van der Waals surface area contributed by atoms with Crippen molar-refractivity contribution in [3.8, 4) is 39.5 Å². The van der Waals surface area contributed by atoms with Crippen molar-refractivity contribution in [3.63, 3.8) is 0 Å². The van der Waals surface area contributed by atoms with Crippen LogP contribution in [0.2, 0.25) is 0 Å². The highest BCUT2D eigenvalue weighted by Crippen LogP contribution is 2.47. The minimum absolute atomic E-state index is 0.0455. The Balaban J connectivity index is 1.45. The number of halogens is 4. The molecule has 266 valence electrons. The summed E-state index contributed by atoms with van der Waals surface area (Å²) >= 11 is 1.33. The van der Waals surface area contributed by atoms with E-state index < -0.39 is 23.7 Å². The van der Waals surface area contributed by atoms with Gasteiger partial charge in [-0.3, -0.25) is 19.4 Å². The van der Waals surface area contributed by atoms with Crippen molar-refractivity contribution in [1.82, 2.24) is 29.5 Å². The van der Waals surface area contributed by atoms with Crippen molar-refractivity contribution >= 4 is 27.3 Å². The summed E-state index contributed by atoms with van der Waals surface area (Å²) in [4.78, 5) is 25.9. The Labute approximate surface area is 295 Å². The molecule has 0 bridgehead atoms. The first-order valence-corrected chi connectivity index (χ1v) is 17.4. The fraction of sp³-hybridized carbons (Fsp3) is 0.351. The summed E-state index contributed by atoms with van der Waals surface area (Å²) in [6.07, 6.45) is 1.06. The van der Waals surface area contributed by atoms with E-state index in [0.29, 0.717) is 65.2 Å². The molecule has 9 nitrogen and oxygen atoms in total. The van der Waals surface area contributed by atoms with E-state index in [1.54, 1.807) is 20.7 Å². The zero-order chi connectivity index (χ0) is 36.2. The number of fused-ring (bicyclic) bond motifs is 3. The smallest absolute Gasteiger partial charge is 0.251 e. The molecule has 1 unspecified atom stereocenters. The van der Waals surface area contributed by atoms with Gasteiger partial charge in [0.15, 0.2) is 0 Å². The number of thiophene rings is 1. The standard InChI is InChI=1S/C37H36F4N6O3S/c1-5-31(48)46-9-10-47-28(20(46)2)15-27(44-47)35-33(32-25(39)13-23(38)14-29(32)50-19-37(3,4)49)36-24(7-11-51-36)34(43-35)21-12-22-17-45(18-30(40)41)8-6-26(22)42-16-21/h5,7,11-16,20,30,49H,1,6,8-10,17-19H2,2-4H3. The minimum atomic E-state index is -2.46. The fourth-order valence-corrected chi connectivity index (χ4v) is 7.77. The Bertz CT molecular complexity index is 2160. The van der Waals surface area contributed by atoms with E-state index in [0.717, 1.165) is 29.1 Å². The number of hydrogen-bond donors (Lipinski definition) is 1. The van der Waals surface area contributed by atoms with E-state index in [9.17, 15) is 23.1 Å². The molecule has 51 heavy (non-hydrogen) atoms. The highest BCUT2D eigenvalue weighted by Gasteiger charge is 2.32. The zero-order valence-corrected chi connectivity index (χ0v) is 29.1. The lowest BCUT2D eigenvalue weighted by molar-refractivity contribution is -0.129. The third kappa shape index (κ3) is 6.75. The lowest BCUT2D eigenvalue weighted by Crippen LogP contribution is -2.40. The largest absolute Gasteiger partial charge is 0.490 e. The van der Waals surface area contributed by atoms with Crippen LogP contribution in [0.5, 0.6) is 5.75 Å². The van der Waals surface area contributed by atoms with Gasteiger partial charge in [-0.1, -0.05) is 6.58 Å². The first-order chi connectivity index (χ1) is 24.3. The third-order valence-electron chi connectivity index (χ3n) is 9.21. The quantitative estimate of drug-likeness (QED) is 0.129. The Morgan fingerprint density at radius 3 is 2.71 bits per heavy atom. The van der Waals surface area contributed by atoms with Gasteiger partial charge in [0.1, 0.15) is 35.4 Å². The molecule has 0 spiro atoms. The number of benzene rings is 1. The molecule has 7 rings (SSSR count). The zero-order valence-electron chi connectivity index (χ0n) is 28.3. The first-order valence-electron chi connectivity index (χ1n) is 16.6. The van der Waals surface area contributed by atoms with Crippen LogP contribution in [0.1, 0.15) is 43.8 Å². The number of ether oxygens (including phenoxy) is 1. The summed E-state index contributed by atoms with van der Waals surface area (Å²) in [6.45, 7) is 9.58. The molecular formula is C37H36F4N6O3S. The Kier molecular flexibility index (Phi) is 9.19. The molecule has 6 heterocycles. The van der Waals surface area contributed by atoms with Crippen molar-refractivity contribution in [1.29, 1.82) is 0 Å². The lowest BCUT2D eigenvalue weighted by atomic mass is 9.95. The lowest BCUT2D eigenvalue weighted by Gasteiger charge is -2.33. The van der Waals surface area contributed by atoms with Crippen molar-refractivity contribution in [2.24, 2.45) is 0 Å². The number of aliphatic hydroxyl groups is 1. The molecule has 0 aliphatic carbocycles. The maximum Gasteiger partial charge on any atom is 0.251 e. The van der Waals surface area contributed by atoms with Crippen LogP contribution < -0.4 is 4.74 Å². The van der Waals surface area contributed by atoms with Gasteiger partial charge in [0.05, 0.1) is 41.7 Å². The van der Waals surface area contributed by atoms with Crippen LogP contribution in [-0.2, 0) is 24.3 Å². The second kappa shape index (κ2) is 13.5. The normalized spacial score (nSPS) is 16.4. The Hall–Kier alpha value is -4.66. The van der Waals surface area contributed by atoms with E-state index in [4.69, 9.17) is 19.8 Å². The molecule has 0 radical (unpaired) electrons. The van der Waals surface area contributed by atoms with Crippen LogP contribution in [0.3, 0.4) is 0 Å². The SMILES string of the molecule is C=CC(=O)N1CCn2nc(-c3nc(-c4cnc5c(c4)CN(CC(F)F)CC5)c4ccsc4c3-c3c(F)cc(F)cc3OCC(C)(C)O)cc2C1C. The average Bonchev–Trinajstić information content (AvgIpc) is 3.74. The van der Waals surface area contributed by atoms with Gasteiger partial charge in [-0.15, -0.1) is 11.3 Å². The molecule has 1 aromatic carbocycles. The number of carbonyl (C=O) groups is 1. The molecule has 1 amide bonds. The predicted octanol–water partition coefficient (Wildman–Crippen LogP) is 7.03. The summed E-state index contributed by atoms with van der Waals surface area (Å²) in [7, 11) is 0. The van der Waals surface area contributed by atoms with Gasteiger partial charge in [-0.25, -0.2) is 22.5 Å². The van der Waals surface area contributed by atoms with Gasteiger partial charge in [-0.2, -0.15) is 5.10 Å². The highest BCUT2D eigenvalue weighted by molar-refractivity contribution is 7.18. The second-order valence-electron chi connectivity index (χ2n) is 13.5. The molecule has 0 saturated carbocycles. The van der Waals surface area contributed by atoms with Crippen LogP contribution >= 0.6 is 11.3 Å². The van der Waals surface area contributed by atoms with E-state index in [1.165, 1.54) is 31.3 Å². The predicted molar refractivity (Wildman–Crippen MR) is 187 cm³/mol. The van der Waals surface area contributed by atoms with Gasteiger partial charge in [0.2, 0.25) is 5.91 Å². The third-order valence-corrected chi connectivity index (χ3v) is 10.1.